The molecular formula is C31H36O8. The summed E-state index contributed by atoms with van der Waals surface area (Å²) in [5.41, 5.74) is 1.80. The van der Waals surface area contributed by atoms with E-state index in [4.69, 9.17) is 24.1 Å². The normalized spacial score (nSPS) is 10.6. The minimum atomic E-state index is -0.554. The van der Waals surface area contributed by atoms with E-state index in [-0.39, 0.29) is 24.6 Å². The molecule has 0 unspecified atom stereocenters. The summed E-state index contributed by atoms with van der Waals surface area (Å²) in [6.45, 7) is 9.33. The van der Waals surface area contributed by atoms with Crippen molar-refractivity contribution in [2.75, 3.05) is 33.0 Å². The molecule has 2 rings (SSSR count). The van der Waals surface area contributed by atoms with E-state index in [1.807, 2.05) is 24.3 Å². The number of benzene rings is 2. The molecule has 0 fully saturated rings. The molecule has 0 bridgehead atoms. The topological polar surface area (TPSA) is 108 Å². The quantitative estimate of drug-likeness (QED) is 0.121. The Labute approximate surface area is 229 Å². The van der Waals surface area contributed by atoms with Crippen molar-refractivity contribution >= 4 is 23.8 Å². The lowest BCUT2D eigenvalue weighted by atomic mass is 10.1. The number of aliphatic hydroxyl groups is 1. The second kappa shape index (κ2) is 17.4. The highest BCUT2D eigenvalue weighted by Crippen LogP contribution is 2.16. The van der Waals surface area contributed by atoms with Crippen LogP contribution in [-0.2, 0) is 19.1 Å². The first-order valence-corrected chi connectivity index (χ1v) is 12.8. The van der Waals surface area contributed by atoms with Crippen LogP contribution in [0.25, 0.3) is 6.08 Å². The second-order valence-corrected chi connectivity index (χ2v) is 8.72. The Hall–Kier alpha value is -4.17. The Balaban J connectivity index is 1.64. The summed E-state index contributed by atoms with van der Waals surface area (Å²) in [6, 6.07) is 14.2. The molecule has 1 N–H and O–H groups in total. The van der Waals surface area contributed by atoms with Gasteiger partial charge in [0.05, 0.1) is 25.4 Å². The molecule has 208 valence electrons. The molecule has 39 heavy (non-hydrogen) atoms. The van der Waals surface area contributed by atoms with E-state index < -0.39 is 18.5 Å². The SMILES string of the molecule is C=C(C)C(=O)OCCOc1ccc(C(=O)/C=C/c2ccc(OCCCCCCOC(=O)C(=C)CO)cc2)cc1. The van der Waals surface area contributed by atoms with E-state index in [2.05, 4.69) is 13.2 Å². The van der Waals surface area contributed by atoms with E-state index in [0.717, 1.165) is 37.0 Å². The maximum Gasteiger partial charge on any atom is 0.335 e. The Kier molecular flexibility index (Phi) is 13.8. The average Bonchev–Trinajstić information content (AvgIpc) is 2.95. The van der Waals surface area contributed by atoms with Gasteiger partial charge < -0.3 is 24.1 Å². The summed E-state index contributed by atoms with van der Waals surface area (Å²) in [5.74, 6) is 0.178. The van der Waals surface area contributed by atoms with Crippen molar-refractivity contribution in [3.05, 3.63) is 90.0 Å². The van der Waals surface area contributed by atoms with Crippen LogP contribution < -0.4 is 9.47 Å². The summed E-state index contributed by atoms with van der Waals surface area (Å²) in [5, 5.41) is 8.81. The average molecular weight is 537 g/mol. The highest BCUT2D eigenvalue weighted by molar-refractivity contribution is 6.06. The standard InChI is InChI=1S/C31H36O8/c1-23(2)30(34)39-21-20-37-28-15-11-26(12-16-28)29(33)17-10-25-8-13-27(14-9-25)36-18-6-4-5-7-19-38-31(35)24(3)22-32/h8-17,32H,1,3-7,18-22H2,2H3/b17-10+. The molecule has 2 aromatic rings. The van der Waals surface area contributed by atoms with E-state index in [1.54, 1.807) is 37.3 Å². The van der Waals surface area contributed by atoms with E-state index in [9.17, 15) is 14.4 Å². The number of hydrogen-bond acceptors (Lipinski definition) is 8. The third-order valence-electron chi connectivity index (χ3n) is 5.40. The molecule has 0 amide bonds. The fraction of sp³-hybridized carbons (Fsp3) is 0.323. The number of esters is 2. The highest BCUT2D eigenvalue weighted by atomic mass is 16.6. The van der Waals surface area contributed by atoms with Crippen molar-refractivity contribution in [2.24, 2.45) is 0 Å². The molecule has 2 aromatic carbocycles. The summed E-state index contributed by atoms with van der Waals surface area (Å²) >= 11 is 0. The lowest BCUT2D eigenvalue weighted by Gasteiger charge is -2.08. The van der Waals surface area contributed by atoms with Gasteiger partial charge in [0.2, 0.25) is 0 Å². The second-order valence-electron chi connectivity index (χ2n) is 8.72. The molecule has 0 radical (unpaired) electrons. The molecule has 0 aromatic heterocycles. The van der Waals surface area contributed by atoms with Crippen LogP contribution in [0.4, 0.5) is 0 Å². The summed E-state index contributed by atoms with van der Waals surface area (Å²) in [6.07, 6.45) is 6.73. The predicted octanol–water partition coefficient (Wildman–Crippen LogP) is 5.11. The fourth-order valence-corrected chi connectivity index (χ4v) is 3.15. The molecule has 0 saturated carbocycles. The minimum Gasteiger partial charge on any atom is -0.494 e. The van der Waals surface area contributed by atoms with Crippen molar-refractivity contribution in [1.29, 1.82) is 0 Å². The molecule has 8 heteroatoms. The molecule has 0 heterocycles. The maximum atomic E-state index is 12.5. The van der Waals surface area contributed by atoms with Gasteiger partial charge in [-0.05, 0) is 80.6 Å². The summed E-state index contributed by atoms with van der Waals surface area (Å²) < 4.78 is 21.2. The van der Waals surface area contributed by atoms with Crippen LogP contribution in [0.2, 0.25) is 0 Å². The zero-order valence-corrected chi connectivity index (χ0v) is 22.4. The summed E-state index contributed by atoms with van der Waals surface area (Å²) in [7, 11) is 0. The highest BCUT2D eigenvalue weighted by Gasteiger charge is 2.07. The van der Waals surface area contributed by atoms with Gasteiger partial charge in [-0.1, -0.05) is 31.4 Å². The smallest absolute Gasteiger partial charge is 0.335 e. The molecule has 0 saturated heterocycles. The van der Waals surface area contributed by atoms with E-state index in [0.29, 0.717) is 30.1 Å². The number of unbranched alkanes of at least 4 members (excludes halogenated alkanes) is 3. The lowest BCUT2D eigenvalue weighted by molar-refractivity contribution is -0.140. The van der Waals surface area contributed by atoms with Gasteiger partial charge >= 0.3 is 11.9 Å². The molecule has 0 aliphatic heterocycles. The number of allylic oxidation sites excluding steroid dienone is 1. The Bertz CT molecular complexity index is 1130. The first kappa shape index (κ1) is 31.1. The number of ether oxygens (including phenoxy) is 4. The van der Waals surface area contributed by atoms with Gasteiger partial charge in [-0.25, -0.2) is 9.59 Å². The van der Waals surface area contributed by atoms with Gasteiger partial charge in [0.15, 0.2) is 5.78 Å². The van der Waals surface area contributed by atoms with Crippen LogP contribution >= 0.6 is 0 Å². The van der Waals surface area contributed by atoms with Crippen molar-refractivity contribution in [1.82, 2.24) is 0 Å². The molecular weight excluding hydrogens is 500 g/mol. The van der Waals surface area contributed by atoms with Gasteiger partial charge in [0.1, 0.15) is 24.7 Å². The Morgan fingerprint density at radius 1 is 0.744 bits per heavy atom. The minimum absolute atomic E-state index is 0.0618. The third-order valence-corrected chi connectivity index (χ3v) is 5.40. The number of carbonyl (C=O) groups is 3. The maximum absolute atomic E-state index is 12.5. The molecule has 0 spiro atoms. The van der Waals surface area contributed by atoms with E-state index >= 15 is 0 Å². The zero-order chi connectivity index (χ0) is 28.5. The number of aliphatic hydroxyl groups excluding tert-OH is 1. The van der Waals surface area contributed by atoms with Gasteiger partial charge in [-0.15, -0.1) is 0 Å². The molecule has 0 aliphatic carbocycles. The summed E-state index contributed by atoms with van der Waals surface area (Å²) in [4.78, 5) is 35.2. The third kappa shape index (κ3) is 12.3. The van der Waals surface area contributed by atoms with Crippen LogP contribution in [0.3, 0.4) is 0 Å². The lowest BCUT2D eigenvalue weighted by Crippen LogP contribution is -2.12. The number of ketones is 1. The van der Waals surface area contributed by atoms with Gasteiger partial charge in [-0.2, -0.15) is 0 Å². The monoisotopic (exact) mass is 536 g/mol. The van der Waals surface area contributed by atoms with Crippen LogP contribution in [0.5, 0.6) is 11.5 Å². The van der Waals surface area contributed by atoms with Gasteiger partial charge in [-0.3, -0.25) is 4.79 Å². The first-order valence-electron chi connectivity index (χ1n) is 12.8. The van der Waals surface area contributed by atoms with Crippen LogP contribution in [0.15, 0.2) is 78.9 Å². The van der Waals surface area contributed by atoms with Crippen molar-refractivity contribution in [3.63, 3.8) is 0 Å². The number of carbonyl (C=O) groups excluding carboxylic acids is 3. The fourth-order valence-electron chi connectivity index (χ4n) is 3.15. The predicted molar refractivity (Wildman–Crippen MR) is 149 cm³/mol. The largest absolute Gasteiger partial charge is 0.494 e. The van der Waals surface area contributed by atoms with Crippen molar-refractivity contribution < 1.29 is 38.4 Å². The number of hydrogen-bond donors (Lipinski definition) is 1. The Morgan fingerprint density at radius 2 is 1.31 bits per heavy atom. The molecule has 0 aliphatic rings. The molecule has 0 atom stereocenters. The van der Waals surface area contributed by atoms with Gasteiger partial charge in [0.25, 0.3) is 0 Å². The zero-order valence-electron chi connectivity index (χ0n) is 22.4. The molecule has 8 nitrogen and oxygen atoms in total. The van der Waals surface area contributed by atoms with Crippen molar-refractivity contribution in [3.8, 4) is 11.5 Å². The Morgan fingerprint density at radius 3 is 1.92 bits per heavy atom. The van der Waals surface area contributed by atoms with Crippen LogP contribution in [-0.4, -0.2) is 55.9 Å². The van der Waals surface area contributed by atoms with Crippen molar-refractivity contribution in [2.45, 2.75) is 32.6 Å². The number of rotatable bonds is 18. The van der Waals surface area contributed by atoms with Crippen LogP contribution in [0.1, 0.15) is 48.5 Å². The van der Waals surface area contributed by atoms with E-state index in [1.165, 1.54) is 6.08 Å². The first-order chi connectivity index (χ1) is 18.8. The van der Waals surface area contributed by atoms with Crippen LogP contribution in [0, 0.1) is 0 Å². The van der Waals surface area contributed by atoms with Gasteiger partial charge in [0, 0.05) is 11.1 Å².